The number of benzene rings is 2. The summed E-state index contributed by atoms with van der Waals surface area (Å²) in [4.78, 5) is 27.9. The number of rotatable bonds is 12. The van der Waals surface area contributed by atoms with Gasteiger partial charge in [-0.05, 0) is 29.7 Å². The molecule has 0 saturated carbocycles. The second-order valence-corrected chi connectivity index (χ2v) is 10.1. The van der Waals surface area contributed by atoms with E-state index < -0.39 is 34.3 Å². The van der Waals surface area contributed by atoms with Crippen LogP contribution in [0.3, 0.4) is 0 Å². The SMILES string of the molecule is CCCCNC(=O)[C@@H](Cc1ccccc1)N(Cc1ccc(F)cc1)C(=O)CN(C)S(C)(=O)=O. The summed E-state index contributed by atoms with van der Waals surface area (Å²) in [5.74, 6) is -1.24. The Morgan fingerprint density at radius 1 is 1.03 bits per heavy atom. The largest absolute Gasteiger partial charge is 0.354 e. The van der Waals surface area contributed by atoms with E-state index in [1.165, 1.54) is 24.1 Å². The van der Waals surface area contributed by atoms with Crippen LogP contribution in [0.1, 0.15) is 30.9 Å². The van der Waals surface area contributed by atoms with Gasteiger partial charge in [-0.1, -0.05) is 55.8 Å². The summed E-state index contributed by atoms with van der Waals surface area (Å²) in [5, 5.41) is 2.89. The Hall–Kier alpha value is -2.78. The molecule has 33 heavy (non-hydrogen) atoms. The van der Waals surface area contributed by atoms with E-state index in [0.717, 1.165) is 29.0 Å². The van der Waals surface area contributed by atoms with Crippen molar-refractivity contribution in [1.29, 1.82) is 0 Å². The van der Waals surface area contributed by atoms with Crippen molar-refractivity contribution < 1.29 is 22.4 Å². The molecule has 0 aromatic heterocycles. The normalized spacial score (nSPS) is 12.4. The molecule has 0 aliphatic rings. The highest BCUT2D eigenvalue weighted by Crippen LogP contribution is 2.16. The topological polar surface area (TPSA) is 86.8 Å². The second kappa shape index (κ2) is 12.5. The standard InChI is InChI=1S/C24H32FN3O4S/c1-4-5-15-26-24(30)22(16-19-9-7-6-8-10-19)28(17-20-11-13-21(25)14-12-20)23(29)18-27(2)33(3,31)32/h6-14,22H,4-5,15-18H2,1-3H3,(H,26,30)/t22-/m1/s1. The van der Waals surface area contributed by atoms with Crippen LogP contribution < -0.4 is 5.32 Å². The van der Waals surface area contributed by atoms with Crippen molar-refractivity contribution in [2.24, 2.45) is 0 Å². The Labute approximate surface area is 195 Å². The van der Waals surface area contributed by atoms with Gasteiger partial charge in [0, 0.05) is 26.6 Å². The maximum absolute atomic E-state index is 13.4. The van der Waals surface area contributed by atoms with E-state index in [4.69, 9.17) is 0 Å². The van der Waals surface area contributed by atoms with Crippen molar-refractivity contribution in [3.05, 3.63) is 71.5 Å². The Bertz CT molecular complexity index is 1010. The number of nitrogens with zero attached hydrogens (tertiary/aromatic N) is 2. The van der Waals surface area contributed by atoms with E-state index >= 15 is 0 Å². The molecular formula is C24H32FN3O4S. The molecule has 0 saturated heterocycles. The third kappa shape index (κ3) is 8.58. The molecule has 0 aliphatic carbocycles. The van der Waals surface area contributed by atoms with Crippen LogP contribution in [0.25, 0.3) is 0 Å². The number of carbonyl (C=O) groups excluding carboxylic acids is 2. The van der Waals surface area contributed by atoms with Gasteiger partial charge >= 0.3 is 0 Å². The molecule has 0 radical (unpaired) electrons. The molecule has 1 N–H and O–H groups in total. The van der Waals surface area contributed by atoms with Crippen LogP contribution in [0.15, 0.2) is 54.6 Å². The van der Waals surface area contributed by atoms with Crippen LogP contribution in [0, 0.1) is 5.82 Å². The van der Waals surface area contributed by atoms with Crippen molar-refractivity contribution in [2.45, 2.75) is 38.8 Å². The van der Waals surface area contributed by atoms with Gasteiger partial charge in [0.25, 0.3) is 0 Å². The van der Waals surface area contributed by atoms with Crippen LogP contribution in [-0.4, -0.2) is 61.9 Å². The molecule has 0 bridgehead atoms. The summed E-state index contributed by atoms with van der Waals surface area (Å²) in [6.45, 7) is 2.12. The van der Waals surface area contributed by atoms with E-state index in [9.17, 15) is 22.4 Å². The highest BCUT2D eigenvalue weighted by Gasteiger charge is 2.31. The lowest BCUT2D eigenvalue weighted by atomic mass is 10.0. The van der Waals surface area contributed by atoms with Gasteiger partial charge in [0.05, 0.1) is 12.8 Å². The summed E-state index contributed by atoms with van der Waals surface area (Å²) in [5.41, 5.74) is 1.49. The molecule has 7 nitrogen and oxygen atoms in total. The van der Waals surface area contributed by atoms with Gasteiger partial charge in [-0.2, -0.15) is 4.31 Å². The Balaban J connectivity index is 2.40. The lowest BCUT2D eigenvalue weighted by Gasteiger charge is -2.32. The molecule has 2 amide bonds. The third-order valence-corrected chi connectivity index (χ3v) is 6.55. The minimum Gasteiger partial charge on any atom is -0.354 e. The Morgan fingerprint density at radius 3 is 2.24 bits per heavy atom. The lowest BCUT2D eigenvalue weighted by Crippen LogP contribution is -2.53. The fourth-order valence-electron chi connectivity index (χ4n) is 3.25. The minimum absolute atomic E-state index is 0.0371. The third-order valence-electron chi connectivity index (χ3n) is 5.29. The van der Waals surface area contributed by atoms with Crippen molar-refractivity contribution in [3.63, 3.8) is 0 Å². The summed E-state index contributed by atoms with van der Waals surface area (Å²) in [6.07, 6.45) is 2.98. The zero-order valence-corrected chi connectivity index (χ0v) is 20.1. The van der Waals surface area contributed by atoms with Gasteiger partial charge in [-0.15, -0.1) is 0 Å². The number of halogens is 1. The molecule has 2 aromatic carbocycles. The van der Waals surface area contributed by atoms with E-state index in [1.54, 1.807) is 12.1 Å². The van der Waals surface area contributed by atoms with E-state index in [-0.39, 0.29) is 18.9 Å². The van der Waals surface area contributed by atoms with E-state index in [2.05, 4.69) is 5.32 Å². The second-order valence-electron chi connectivity index (χ2n) is 8.02. The molecule has 2 rings (SSSR count). The lowest BCUT2D eigenvalue weighted by molar-refractivity contribution is -0.141. The monoisotopic (exact) mass is 477 g/mol. The number of unbranched alkanes of at least 4 members (excludes halogenated alkanes) is 1. The van der Waals surface area contributed by atoms with Crippen LogP contribution >= 0.6 is 0 Å². The molecule has 0 heterocycles. The first kappa shape index (κ1) is 26.5. The van der Waals surface area contributed by atoms with Crippen molar-refractivity contribution in [3.8, 4) is 0 Å². The van der Waals surface area contributed by atoms with Crippen LogP contribution in [0.2, 0.25) is 0 Å². The van der Waals surface area contributed by atoms with Crippen molar-refractivity contribution in [2.75, 3.05) is 26.4 Å². The molecule has 0 unspecified atom stereocenters. The highest BCUT2D eigenvalue weighted by molar-refractivity contribution is 7.88. The van der Waals surface area contributed by atoms with Gasteiger partial charge in [0.2, 0.25) is 21.8 Å². The average molecular weight is 478 g/mol. The Kier molecular flexibility index (Phi) is 9.99. The van der Waals surface area contributed by atoms with Crippen LogP contribution in [0.5, 0.6) is 0 Å². The smallest absolute Gasteiger partial charge is 0.243 e. The number of amides is 2. The number of hydrogen-bond acceptors (Lipinski definition) is 4. The van der Waals surface area contributed by atoms with Gasteiger partial charge in [0.15, 0.2) is 0 Å². The molecule has 1 atom stereocenters. The molecule has 0 fully saturated rings. The molecule has 9 heteroatoms. The van der Waals surface area contributed by atoms with Crippen molar-refractivity contribution >= 4 is 21.8 Å². The molecule has 180 valence electrons. The molecular weight excluding hydrogens is 445 g/mol. The predicted octanol–water partition coefficient (Wildman–Crippen LogP) is 2.57. The number of hydrogen-bond donors (Lipinski definition) is 1. The molecule has 2 aromatic rings. The zero-order chi connectivity index (χ0) is 24.4. The number of carbonyl (C=O) groups is 2. The summed E-state index contributed by atoms with van der Waals surface area (Å²) in [6, 6.07) is 14.1. The number of nitrogens with one attached hydrogen (secondary N) is 1. The van der Waals surface area contributed by atoms with Crippen LogP contribution in [-0.2, 0) is 32.6 Å². The summed E-state index contributed by atoms with van der Waals surface area (Å²) in [7, 11) is -2.28. The Morgan fingerprint density at radius 2 is 1.67 bits per heavy atom. The average Bonchev–Trinajstić information content (AvgIpc) is 2.77. The van der Waals surface area contributed by atoms with Gasteiger partial charge in [-0.25, -0.2) is 12.8 Å². The minimum atomic E-state index is -3.60. The first-order chi connectivity index (χ1) is 15.6. The fraction of sp³-hybridized carbons (Fsp3) is 0.417. The van der Waals surface area contributed by atoms with Crippen LogP contribution in [0.4, 0.5) is 4.39 Å². The molecule has 0 spiro atoms. The maximum atomic E-state index is 13.4. The molecule has 0 aliphatic heterocycles. The zero-order valence-electron chi connectivity index (χ0n) is 19.3. The van der Waals surface area contributed by atoms with E-state index in [0.29, 0.717) is 12.1 Å². The quantitative estimate of drug-likeness (QED) is 0.476. The van der Waals surface area contributed by atoms with Gasteiger partial charge < -0.3 is 10.2 Å². The van der Waals surface area contributed by atoms with Gasteiger partial charge in [-0.3, -0.25) is 9.59 Å². The highest BCUT2D eigenvalue weighted by atomic mass is 32.2. The number of sulfonamides is 1. The van der Waals surface area contributed by atoms with E-state index in [1.807, 2.05) is 37.3 Å². The predicted molar refractivity (Wildman–Crippen MR) is 126 cm³/mol. The number of likely N-dealkylation sites (N-methyl/N-ethyl adjacent to an activating group) is 1. The van der Waals surface area contributed by atoms with Gasteiger partial charge in [0.1, 0.15) is 11.9 Å². The first-order valence-corrected chi connectivity index (χ1v) is 12.7. The summed E-state index contributed by atoms with van der Waals surface area (Å²) < 4.78 is 38.1. The maximum Gasteiger partial charge on any atom is 0.243 e. The fourth-order valence-corrected chi connectivity index (χ4v) is 3.59. The van der Waals surface area contributed by atoms with Crippen molar-refractivity contribution in [1.82, 2.24) is 14.5 Å². The first-order valence-electron chi connectivity index (χ1n) is 10.9. The summed E-state index contributed by atoms with van der Waals surface area (Å²) >= 11 is 0.